The Labute approximate surface area is 204 Å². The zero-order valence-electron chi connectivity index (χ0n) is 20.4. The highest BCUT2D eigenvalue weighted by molar-refractivity contribution is 7.91. The summed E-state index contributed by atoms with van der Waals surface area (Å²) in [7, 11) is -2.45. The molecule has 1 saturated carbocycles. The largest absolute Gasteiger partial charge is 0.330 e. The summed E-state index contributed by atoms with van der Waals surface area (Å²) in [5.74, 6) is -2.46. The number of alkyl halides is 2. The number of imidazole rings is 2. The monoisotopic (exact) mass is 507 g/mol. The lowest BCUT2D eigenvalue weighted by atomic mass is 9.86. The van der Waals surface area contributed by atoms with E-state index in [2.05, 4.69) is 9.97 Å². The van der Waals surface area contributed by atoms with Crippen LogP contribution < -0.4 is 4.31 Å². The van der Waals surface area contributed by atoms with Gasteiger partial charge < -0.3 is 4.57 Å². The summed E-state index contributed by atoms with van der Waals surface area (Å²) in [6.45, 7) is 6.32. The van der Waals surface area contributed by atoms with Gasteiger partial charge in [-0.2, -0.15) is 8.42 Å². The number of carbonyl (C=O) groups is 1. The Morgan fingerprint density at radius 2 is 1.91 bits per heavy atom. The number of Topliss-reactive ketones (excluding diaryl/α,β-unsaturated/α-hetero) is 1. The Balaban J connectivity index is 1.72. The van der Waals surface area contributed by atoms with Crippen molar-refractivity contribution in [3.05, 3.63) is 42.7 Å². The van der Waals surface area contributed by atoms with Crippen molar-refractivity contribution in [3.8, 4) is 0 Å². The lowest BCUT2D eigenvalue weighted by molar-refractivity contribution is -0.0472. The van der Waals surface area contributed by atoms with Crippen LogP contribution in [0.5, 0.6) is 0 Å². The molecule has 8 nitrogen and oxygen atoms in total. The topological polar surface area (TPSA) is 90.1 Å². The van der Waals surface area contributed by atoms with Gasteiger partial charge in [-0.3, -0.25) is 9.10 Å². The highest BCUT2D eigenvalue weighted by Gasteiger charge is 2.35. The smallest absolute Gasteiger partial charge is 0.321 e. The van der Waals surface area contributed by atoms with E-state index in [0.29, 0.717) is 36.1 Å². The number of nitrogens with zero attached hydrogens (tertiary/aromatic N) is 5. The first-order valence-corrected chi connectivity index (χ1v) is 13.1. The molecule has 190 valence electrons. The maximum Gasteiger partial charge on any atom is 0.330 e. The first-order valence-electron chi connectivity index (χ1n) is 11.7. The molecule has 0 N–H and O–H groups in total. The number of hydrogen-bond acceptors (Lipinski definition) is 5. The van der Waals surface area contributed by atoms with Gasteiger partial charge in [0.05, 0.1) is 16.7 Å². The van der Waals surface area contributed by atoms with Crippen LogP contribution >= 0.6 is 0 Å². The van der Waals surface area contributed by atoms with Crippen LogP contribution in [0.4, 0.5) is 14.5 Å². The zero-order chi connectivity index (χ0) is 25.6. The van der Waals surface area contributed by atoms with Crippen molar-refractivity contribution < 1.29 is 22.0 Å². The summed E-state index contributed by atoms with van der Waals surface area (Å²) in [4.78, 5) is 21.6. The van der Waals surface area contributed by atoms with Crippen LogP contribution in [0.3, 0.4) is 0 Å². The van der Waals surface area contributed by atoms with Crippen LogP contribution in [0.15, 0.2) is 36.9 Å². The number of ketones is 1. The van der Waals surface area contributed by atoms with Crippen molar-refractivity contribution in [1.29, 1.82) is 0 Å². The number of hydrogen-bond donors (Lipinski definition) is 0. The fourth-order valence-corrected chi connectivity index (χ4v) is 5.52. The van der Waals surface area contributed by atoms with Crippen LogP contribution in [-0.4, -0.2) is 45.7 Å². The molecule has 0 spiro atoms. The van der Waals surface area contributed by atoms with Gasteiger partial charge in [0.1, 0.15) is 6.33 Å². The zero-order valence-corrected chi connectivity index (χ0v) is 21.2. The molecule has 1 aromatic carbocycles. The van der Waals surface area contributed by atoms with Crippen LogP contribution in [0, 0.1) is 11.3 Å². The third-order valence-electron chi connectivity index (χ3n) is 6.41. The molecule has 4 rings (SSSR count). The van der Waals surface area contributed by atoms with Crippen molar-refractivity contribution in [2.75, 3.05) is 11.4 Å². The maximum atomic E-state index is 13.7. The van der Waals surface area contributed by atoms with E-state index < -0.39 is 16.1 Å². The number of halogens is 2. The molecule has 11 heteroatoms. The number of rotatable bonds is 7. The molecule has 0 bridgehead atoms. The molecule has 0 saturated heterocycles. The highest BCUT2D eigenvalue weighted by atomic mass is 32.2. The molecule has 2 aromatic heterocycles. The van der Waals surface area contributed by atoms with E-state index in [-0.39, 0.29) is 42.2 Å². The second kappa shape index (κ2) is 9.00. The van der Waals surface area contributed by atoms with Gasteiger partial charge in [0.25, 0.3) is 0 Å². The third kappa shape index (κ3) is 5.39. The Hall–Kier alpha value is -2.82. The first-order chi connectivity index (χ1) is 16.3. The van der Waals surface area contributed by atoms with Crippen molar-refractivity contribution in [3.63, 3.8) is 0 Å². The molecule has 1 aliphatic carbocycles. The van der Waals surface area contributed by atoms with Gasteiger partial charge in [0, 0.05) is 45.2 Å². The van der Waals surface area contributed by atoms with Crippen LogP contribution in [-0.2, 0) is 16.8 Å². The summed E-state index contributed by atoms with van der Waals surface area (Å²) in [5.41, 5.74) is 1.28. The van der Waals surface area contributed by atoms with Crippen molar-refractivity contribution in [2.24, 2.45) is 11.3 Å². The van der Waals surface area contributed by atoms with Crippen molar-refractivity contribution >= 4 is 32.7 Å². The Bertz CT molecular complexity index is 1320. The quantitative estimate of drug-likeness (QED) is 0.424. The minimum absolute atomic E-state index is 0.0113. The Morgan fingerprint density at radius 1 is 1.23 bits per heavy atom. The van der Waals surface area contributed by atoms with Gasteiger partial charge in [-0.15, -0.1) is 0 Å². The predicted octanol–water partition coefficient (Wildman–Crippen LogP) is 4.91. The molecule has 0 aliphatic heterocycles. The summed E-state index contributed by atoms with van der Waals surface area (Å²) >= 11 is 0. The standard InChI is InChI=1S/C24H31F2N5O3S/c1-23(2,3)14-21(32)22-28-19-13-18(29(4)35(33,34)30-12-11-27-16-30)5-6-20(19)31(22)15-17-7-9-24(25,26)10-8-17/h5-6,11-13,16-17H,7-10,14-15H2,1-4H3. The van der Waals surface area contributed by atoms with Crippen LogP contribution in [0.2, 0.25) is 0 Å². The average Bonchev–Trinajstić information content (AvgIpc) is 3.42. The van der Waals surface area contributed by atoms with E-state index in [9.17, 15) is 22.0 Å². The Kier molecular flexibility index (Phi) is 6.50. The SMILES string of the molecule is CN(c1ccc2c(c1)nc(C(=O)CC(C)(C)C)n2CC1CCC(F)(F)CC1)S(=O)(=O)n1ccnc1. The van der Waals surface area contributed by atoms with Crippen LogP contribution in [0.25, 0.3) is 11.0 Å². The first kappa shape index (κ1) is 25.3. The van der Waals surface area contributed by atoms with Crippen molar-refractivity contribution in [2.45, 2.75) is 65.3 Å². The highest BCUT2D eigenvalue weighted by Crippen LogP contribution is 2.38. The average molecular weight is 508 g/mol. The minimum Gasteiger partial charge on any atom is -0.321 e. The van der Waals surface area contributed by atoms with Gasteiger partial charge in [-0.1, -0.05) is 20.8 Å². The molecule has 1 fully saturated rings. The molecular weight excluding hydrogens is 476 g/mol. The third-order valence-corrected chi connectivity index (χ3v) is 8.06. The summed E-state index contributed by atoms with van der Waals surface area (Å²) in [6.07, 6.45) is 4.65. The molecule has 1 aliphatic rings. The molecule has 0 radical (unpaired) electrons. The molecule has 3 aromatic rings. The lowest BCUT2D eigenvalue weighted by Crippen LogP contribution is -2.31. The van der Waals surface area contributed by atoms with Gasteiger partial charge in [0.2, 0.25) is 5.92 Å². The second-order valence-corrected chi connectivity index (χ2v) is 12.4. The van der Waals surface area contributed by atoms with Gasteiger partial charge in [-0.25, -0.2) is 22.7 Å². The fraction of sp³-hybridized carbons (Fsp3) is 0.542. The van der Waals surface area contributed by atoms with E-state index in [1.165, 1.54) is 25.8 Å². The minimum atomic E-state index is -3.88. The number of benzene rings is 1. The van der Waals surface area contributed by atoms with E-state index in [1.807, 2.05) is 25.3 Å². The number of anilines is 1. The van der Waals surface area contributed by atoms with E-state index in [4.69, 9.17) is 0 Å². The molecular formula is C24H31F2N5O3S. The molecule has 0 atom stereocenters. The number of aromatic nitrogens is 4. The second-order valence-electron chi connectivity index (χ2n) is 10.5. The summed E-state index contributed by atoms with van der Waals surface area (Å²) < 4.78 is 57.1. The van der Waals surface area contributed by atoms with Crippen LogP contribution in [0.1, 0.15) is 63.5 Å². The maximum absolute atomic E-state index is 13.7. The predicted molar refractivity (Wildman–Crippen MR) is 130 cm³/mol. The fourth-order valence-electron chi connectivity index (χ4n) is 4.47. The molecule has 35 heavy (non-hydrogen) atoms. The molecule has 0 unspecified atom stereocenters. The van der Waals surface area contributed by atoms with Gasteiger partial charge in [0.15, 0.2) is 11.6 Å². The normalized spacial score (nSPS) is 17.1. The van der Waals surface area contributed by atoms with Gasteiger partial charge in [-0.05, 0) is 42.4 Å². The molecule has 2 heterocycles. The number of fused-ring (bicyclic) bond motifs is 1. The van der Waals surface area contributed by atoms with Gasteiger partial charge >= 0.3 is 10.2 Å². The lowest BCUT2D eigenvalue weighted by Gasteiger charge is -2.29. The van der Waals surface area contributed by atoms with E-state index >= 15 is 0 Å². The number of carbonyl (C=O) groups excluding carboxylic acids is 1. The summed E-state index contributed by atoms with van der Waals surface area (Å²) in [5, 5.41) is 0. The Morgan fingerprint density at radius 3 is 2.51 bits per heavy atom. The van der Waals surface area contributed by atoms with E-state index in [1.54, 1.807) is 18.2 Å². The van der Waals surface area contributed by atoms with Crippen molar-refractivity contribution in [1.82, 2.24) is 18.5 Å². The van der Waals surface area contributed by atoms with E-state index in [0.717, 1.165) is 8.28 Å². The molecule has 0 amide bonds. The summed E-state index contributed by atoms with van der Waals surface area (Å²) in [6, 6.07) is 5.02.